The lowest BCUT2D eigenvalue weighted by atomic mass is 10.0. The summed E-state index contributed by atoms with van der Waals surface area (Å²) < 4.78 is 21.2. The van der Waals surface area contributed by atoms with Crippen LogP contribution >= 0.6 is 0 Å². The van der Waals surface area contributed by atoms with Crippen LogP contribution in [0.15, 0.2) is 29.3 Å². The molecule has 0 aliphatic carbocycles. The van der Waals surface area contributed by atoms with Crippen molar-refractivity contribution in [2.45, 2.75) is 33.6 Å². The number of hydrogen-bond acceptors (Lipinski definition) is 5. The van der Waals surface area contributed by atoms with E-state index in [-0.39, 0.29) is 5.97 Å². The first kappa shape index (κ1) is 20.0. The van der Waals surface area contributed by atoms with E-state index < -0.39 is 0 Å². The quantitative estimate of drug-likeness (QED) is 0.371. The lowest BCUT2D eigenvalue weighted by Gasteiger charge is -2.13. The van der Waals surface area contributed by atoms with Gasteiger partial charge >= 0.3 is 5.97 Å². The predicted octanol–water partition coefficient (Wildman–Crippen LogP) is 3.55. The highest BCUT2D eigenvalue weighted by Crippen LogP contribution is 2.29. The van der Waals surface area contributed by atoms with Crippen molar-refractivity contribution in [2.75, 3.05) is 34.0 Å². The van der Waals surface area contributed by atoms with Gasteiger partial charge in [-0.15, -0.1) is 0 Å². The van der Waals surface area contributed by atoms with Crippen LogP contribution in [-0.2, 0) is 20.7 Å². The van der Waals surface area contributed by atoms with Gasteiger partial charge in [-0.1, -0.05) is 11.6 Å². The fourth-order valence-corrected chi connectivity index (χ4v) is 2.18. The molecule has 0 aromatic heterocycles. The van der Waals surface area contributed by atoms with Crippen LogP contribution in [0.1, 0.15) is 32.8 Å². The minimum absolute atomic E-state index is 0.264. The predicted molar refractivity (Wildman–Crippen MR) is 93.7 cm³/mol. The van der Waals surface area contributed by atoms with Crippen LogP contribution in [0.25, 0.3) is 0 Å². The Balaban J connectivity index is 2.84. The number of rotatable bonds is 10. The number of allylic oxidation sites excluding steroid dienone is 1. The van der Waals surface area contributed by atoms with Crippen LogP contribution in [-0.4, -0.2) is 40.0 Å². The number of benzene rings is 1. The highest BCUT2D eigenvalue weighted by Gasteiger charge is 2.11. The molecule has 5 heteroatoms. The molecule has 0 bridgehead atoms. The summed E-state index contributed by atoms with van der Waals surface area (Å²) >= 11 is 0. The summed E-state index contributed by atoms with van der Waals surface area (Å²) in [7, 11) is 3.29. The van der Waals surface area contributed by atoms with Crippen molar-refractivity contribution in [1.29, 1.82) is 0 Å². The van der Waals surface area contributed by atoms with Gasteiger partial charge < -0.3 is 18.9 Å². The molecule has 0 amide bonds. The number of hydrogen-bond donors (Lipinski definition) is 0. The van der Waals surface area contributed by atoms with Crippen LogP contribution in [0.4, 0.5) is 0 Å². The largest absolute Gasteiger partial charge is 0.493 e. The first-order valence-electron chi connectivity index (χ1n) is 8.15. The highest BCUT2D eigenvalue weighted by molar-refractivity contribution is 5.88. The standard InChI is InChI=1S/C19H28O5/c1-6-23-19(20)15(3)14(2)12-16-8-9-17(22-5)18(13-16)24-11-7-10-21-4/h8-9,13H,6-7,10-12H2,1-5H3/b15-14+. The topological polar surface area (TPSA) is 54.0 Å². The van der Waals surface area contributed by atoms with Gasteiger partial charge in [-0.2, -0.15) is 0 Å². The zero-order chi connectivity index (χ0) is 17.9. The van der Waals surface area contributed by atoms with Crippen LogP contribution in [0.5, 0.6) is 11.5 Å². The number of ether oxygens (including phenoxy) is 4. The average molecular weight is 336 g/mol. The number of carbonyl (C=O) groups excluding carboxylic acids is 1. The van der Waals surface area contributed by atoms with Gasteiger partial charge in [0.15, 0.2) is 11.5 Å². The van der Waals surface area contributed by atoms with Gasteiger partial charge in [0.2, 0.25) is 0 Å². The van der Waals surface area contributed by atoms with E-state index >= 15 is 0 Å². The van der Waals surface area contributed by atoms with Gasteiger partial charge in [0, 0.05) is 25.7 Å². The van der Waals surface area contributed by atoms with Gasteiger partial charge in [0.25, 0.3) is 0 Å². The van der Waals surface area contributed by atoms with E-state index in [9.17, 15) is 4.79 Å². The van der Waals surface area contributed by atoms with Crippen molar-refractivity contribution >= 4 is 5.97 Å². The molecule has 0 N–H and O–H groups in total. The van der Waals surface area contributed by atoms with E-state index in [0.717, 1.165) is 17.6 Å². The molecule has 0 unspecified atom stereocenters. The summed E-state index contributed by atoms with van der Waals surface area (Å²) in [6.07, 6.45) is 1.47. The van der Waals surface area contributed by atoms with E-state index in [0.29, 0.717) is 43.3 Å². The van der Waals surface area contributed by atoms with Crippen molar-refractivity contribution < 1.29 is 23.7 Å². The van der Waals surface area contributed by atoms with Crippen molar-refractivity contribution in [1.82, 2.24) is 0 Å². The minimum Gasteiger partial charge on any atom is -0.493 e. The highest BCUT2D eigenvalue weighted by atomic mass is 16.5. The molecule has 0 heterocycles. The van der Waals surface area contributed by atoms with Crippen LogP contribution < -0.4 is 9.47 Å². The van der Waals surface area contributed by atoms with E-state index in [4.69, 9.17) is 18.9 Å². The third kappa shape index (κ3) is 6.24. The molecule has 0 saturated carbocycles. The number of carbonyl (C=O) groups is 1. The fourth-order valence-electron chi connectivity index (χ4n) is 2.18. The molecule has 0 radical (unpaired) electrons. The van der Waals surface area contributed by atoms with Crippen LogP contribution in [0.3, 0.4) is 0 Å². The van der Waals surface area contributed by atoms with Crippen molar-refractivity contribution in [3.8, 4) is 11.5 Å². The van der Waals surface area contributed by atoms with Gasteiger partial charge in [0.05, 0.1) is 20.3 Å². The lowest BCUT2D eigenvalue weighted by Crippen LogP contribution is -2.08. The van der Waals surface area contributed by atoms with E-state index in [2.05, 4.69) is 0 Å². The molecule has 5 nitrogen and oxygen atoms in total. The maximum atomic E-state index is 11.8. The Hall–Kier alpha value is -2.01. The Morgan fingerprint density at radius 1 is 1.08 bits per heavy atom. The van der Waals surface area contributed by atoms with E-state index in [1.807, 2.05) is 25.1 Å². The normalized spacial score (nSPS) is 11.7. The molecule has 0 spiro atoms. The summed E-state index contributed by atoms with van der Waals surface area (Å²) in [5.74, 6) is 1.13. The second-order valence-corrected chi connectivity index (χ2v) is 5.48. The molecule has 1 aromatic carbocycles. The molecule has 0 aliphatic rings. The maximum absolute atomic E-state index is 11.8. The molecule has 0 aliphatic heterocycles. The summed E-state index contributed by atoms with van der Waals surface area (Å²) in [6.45, 7) is 7.13. The molecular weight excluding hydrogens is 308 g/mol. The SMILES string of the molecule is CCOC(=O)/C(C)=C(\C)Cc1ccc(OC)c(OCCCOC)c1. The molecule has 24 heavy (non-hydrogen) atoms. The van der Waals surface area contributed by atoms with Gasteiger partial charge in [-0.05, 0) is 44.9 Å². The molecule has 0 saturated heterocycles. The van der Waals surface area contributed by atoms with Crippen molar-refractivity contribution in [2.24, 2.45) is 0 Å². The van der Waals surface area contributed by atoms with E-state index in [1.54, 1.807) is 28.1 Å². The number of esters is 1. The third-order valence-corrected chi connectivity index (χ3v) is 3.67. The Bertz CT molecular complexity index is 563. The number of methoxy groups -OCH3 is 2. The zero-order valence-corrected chi connectivity index (χ0v) is 15.3. The second kappa shape index (κ2) is 10.7. The van der Waals surface area contributed by atoms with Gasteiger partial charge in [-0.25, -0.2) is 4.79 Å². The fraction of sp³-hybridized carbons (Fsp3) is 0.526. The smallest absolute Gasteiger partial charge is 0.333 e. The maximum Gasteiger partial charge on any atom is 0.333 e. The Morgan fingerprint density at radius 3 is 2.46 bits per heavy atom. The molecule has 0 atom stereocenters. The van der Waals surface area contributed by atoms with Crippen LogP contribution in [0, 0.1) is 0 Å². The Labute approximate surface area is 144 Å². The first-order valence-corrected chi connectivity index (χ1v) is 8.15. The Kier molecular flexibility index (Phi) is 8.94. The monoisotopic (exact) mass is 336 g/mol. The average Bonchev–Trinajstić information content (AvgIpc) is 2.58. The summed E-state index contributed by atoms with van der Waals surface area (Å²) in [5.41, 5.74) is 2.68. The minimum atomic E-state index is -0.264. The summed E-state index contributed by atoms with van der Waals surface area (Å²) in [5, 5.41) is 0. The summed E-state index contributed by atoms with van der Waals surface area (Å²) in [6, 6.07) is 5.81. The molecule has 134 valence electrons. The molecule has 1 rings (SSSR count). The first-order chi connectivity index (χ1) is 11.5. The third-order valence-electron chi connectivity index (χ3n) is 3.67. The summed E-state index contributed by atoms with van der Waals surface area (Å²) in [4.78, 5) is 11.8. The Morgan fingerprint density at radius 2 is 1.83 bits per heavy atom. The zero-order valence-electron chi connectivity index (χ0n) is 15.3. The molecule has 0 fully saturated rings. The second-order valence-electron chi connectivity index (χ2n) is 5.48. The van der Waals surface area contributed by atoms with Crippen molar-refractivity contribution in [3.63, 3.8) is 0 Å². The lowest BCUT2D eigenvalue weighted by molar-refractivity contribution is -0.138. The van der Waals surface area contributed by atoms with Gasteiger partial charge in [-0.3, -0.25) is 0 Å². The molecule has 1 aromatic rings. The van der Waals surface area contributed by atoms with E-state index in [1.165, 1.54) is 0 Å². The van der Waals surface area contributed by atoms with Gasteiger partial charge in [0.1, 0.15) is 0 Å². The molecular formula is C19H28O5. The van der Waals surface area contributed by atoms with Crippen LogP contribution in [0.2, 0.25) is 0 Å². The van der Waals surface area contributed by atoms with Crippen molar-refractivity contribution in [3.05, 3.63) is 34.9 Å².